The molecule has 2 aromatic rings. The van der Waals surface area contributed by atoms with Crippen molar-refractivity contribution in [2.75, 3.05) is 6.54 Å². The summed E-state index contributed by atoms with van der Waals surface area (Å²) in [5.41, 5.74) is 0.494. The Hall–Kier alpha value is -1.78. The average Bonchev–Trinajstić information content (AvgIpc) is 2.96. The van der Waals surface area contributed by atoms with Crippen LogP contribution in [0.5, 0.6) is 0 Å². The van der Waals surface area contributed by atoms with Crippen LogP contribution in [0.1, 0.15) is 17.2 Å². The van der Waals surface area contributed by atoms with Crippen molar-refractivity contribution in [1.29, 1.82) is 0 Å². The highest BCUT2D eigenvalue weighted by atomic mass is 32.2. The van der Waals surface area contributed by atoms with Crippen molar-refractivity contribution in [1.82, 2.24) is 29.7 Å². The quantitative estimate of drug-likeness (QED) is 0.619. The molecular formula is C10H16N6O3S. The number of H-pyrrole nitrogens is 1. The second-order valence-electron chi connectivity index (χ2n) is 4.29. The first-order chi connectivity index (χ1) is 9.45. The molecule has 2 rings (SSSR count). The molecule has 0 aliphatic heterocycles. The molecule has 10 heteroatoms. The Labute approximate surface area is 116 Å². The number of hydrogen-bond acceptors (Lipinski definition) is 6. The standard InChI is InChI=1S/C10H16N6O3S/c1-7-10(8(5-17)14-13-7)20(18,19)12-4-3-9-15-11-6-16(9)2/h6,12,17H,3-5H2,1-2H3,(H,13,14). The van der Waals surface area contributed by atoms with Crippen LogP contribution in [-0.2, 0) is 30.1 Å². The van der Waals surface area contributed by atoms with E-state index in [0.717, 1.165) is 0 Å². The van der Waals surface area contributed by atoms with Crippen LogP contribution in [0.15, 0.2) is 11.2 Å². The summed E-state index contributed by atoms with van der Waals surface area (Å²) in [5.74, 6) is 0.680. The Morgan fingerprint density at radius 1 is 1.50 bits per heavy atom. The highest BCUT2D eigenvalue weighted by Crippen LogP contribution is 2.17. The van der Waals surface area contributed by atoms with E-state index in [4.69, 9.17) is 5.11 Å². The molecule has 0 saturated carbocycles. The molecule has 0 unspecified atom stereocenters. The lowest BCUT2D eigenvalue weighted by molar-refractivity contribution is 0.273. The van der Waals surface area contributed by atoms with Gasteiger partial charge < -0.3 is 9.67 Å². The molecule has 0 aliphatic carbocycles. The van der Waals surface area contributed by atoms with Crippen molar-refractivity contribution in [3.63, 3.8) is 0 Å². The Kier molecular flexibility index (Phi) is 4.16. The minimum atomic E-state index is -3.72. The molecule has 0 amide bonds. The second-order valence-corrected chi connectivity index (χ2v) is 5.99. The van der Waals surface area contributed by atoms with Gasteiger partial charge in [0.15, 0.2) is 0 Å². The van der Waals surface area contributed by atoms with E-state index in [1.165, 1.54) is 0 Å². The van der Waals surface area contributed by atoms with Crippen molar-refractivity contribution in [3.8, 4) is 0 Å². The van der Waals surface area contributed by atoms with Crippen LogP contribution >= 0.6 is 0 Å². The van der Waals surface area contributed by atoms with Gasteiger partial charge in [0.05, 0.1) is 12.3 Å². The number of nitrogens with zero attached hydrogens (tertiary/aromatic N) is 4. The number of sulfonamides is 1. The molecule has 2 aromatic heterocycles. The molecule has 20 heavy (non-hydrogen) atoms. The van der Waals surface area contributed by atoms with Gasteiger partial charge in [0, 0.05) is 20.0 Å². The molecule has 0 radical (unpaired) electrons. The van der Waals surface area contributed by atoms with Crippen molar-refractivity contribution in [3.05, 3.63) is 23.5 Å². The molecule has 0 spiro atoms. The van der Waals surface area contributed by atoms with Gasteiger partial charge >= 0.3 is 0 Å². The van der Waals surface area contributed by atoms with Crippen LogP contribution in [0.25, 0.3) is 0 Å². The number of aliphatic hydroxyl groups is 1. The van der Waals surface area contributed by atoms with Crippen molar-refractivity contribution >= 4 is 10.0 Å². The summed E-state index contributed by atoms with van der Waals surface area (Å²) >= 11 is 0. The van der Waals surface area contributed by atoms with E-state index in [-0.39, 0.29) is 17.1 Å². The van der Waals surface area contributed by atoms with E-state index < -0.39 is 16.6 Å². The van der Waals surface area contributed by atoms with Crippen LogP contribution < -0.4 is 4.72 Å². The predicted molar refractivity (Wildman–Crippen MR) is 69.1 cm³/mol. The van der Waals surface area contributed by atoms with E-state index in [2.05, 4.69) is 25.1 Å². The van der Waals surface area contributed by atoms with E-state index in [1.807, 2.05) is 0 Å². The largest absolute Gasteiger partial charge is 0.390 e. The first kappa shape index (κ1) is 14.6. The van der Waals surface area contributed by atoms with Gasteiger partial charge in [-0.3, -0.25) is 5.10 Å². The molecule has 0 atom stereocenters. The number of aromatic amines is 1. The Bertz CT molecular complexity index is 690. The van der Waals surface area contributed by atoms with Crippen molar-refractivity contribution < 1.29 is 13.5 Å². The molecule has 0 bridgehead atoms. The maximum Gasteiger partial charge on any atom is 0.244 e. The Balaban J connectivity index is 2.08. The molecule has 9 nitrogen and oxygen atoms in total. The summed E-state index contributed by atoms with van der Waals surface area (Å²) in [7, 11) is -1.93. The fraction of sp³-hybridized carbons (Fsp3) is 0.500. The van der Waals surface area contributed by atoms with E-state index in [0.29, 0.717) is 17.9 Å². The minimum Gasteiger partial charge on any atom is -0.390 e. The van der Waals surface area contributed by atoms with E-state index in [9.17, 15) is 8.42 Å². The van der Waals surface area contributed by atoms with Gasteiger partial charge in [0.1, 0.15) is 22.7 Å². The zero-order valence-electron chi connectivity index (χ0n) is 11.2. The normalized spacial score (nSPS) is 11.9. The topological polar surface area (TPSA) is 126 Å². The highest BCUT2D eigenvalue weighted by molar-refractivity contribution is 7.89. The molecule has 3 N–H and O–H groups in total. The zero-order chi connectivity index (χ0) is 14.8. The lowest BCUT2D eigenvalue weighted by Gasteiger charge is -2.07. The third-order valence-electron chi connectivity index (χ3n) is 2.83. The molecular weight excluding hydrogens is 284 g/mol. The van der Waals surface area contributed by atoms with Gasteiger partial charge in [-0.1, -0.05) is 0 Å². The monoisotopic (exact) mass is 300 g/mol. The summed E-state index contributed by atoms with van der Waals surface area (Å²) in [6, 6.07) is 0. The maximum absolute atomic E-state index is 12.2. The number of nitrogens with one attached hydrogen (secondary N) is 2. The van der Waals surface area contributed by atoms with Crippen LogP contribution in [0.2, 0.25) is 0 Å². The van der Waals surface area contributed by atoms with Crippen molar-refractivity contribution in [2.24, 2.45) is 7.05 Å². The number of aliphatic hydroxyl groups excluding tert-OH is 1. The predicted octanol–water partition coefficient (Wildman–Crippen LogP) is -1.14. The first-order valence-corrected chi connectivity index (χ1v) is 7.41. The third kappa shape index (κ3) is 2.86. The van der Waals surface area contributed by atoms with E-state index >= 15 is 0 Å². The highest BCUT2D eigenvalue weighted by Gasteiger charge is 2.23. The Morgan fingerprint density at radius 2 is 2.25 bits per heavy atom. The lowest BCUT2D eigenvalue weighted by atomic mass is 10.4. The fourth-order valence-electron chi connectivity index (χ4n) is 1.84. The van der Waals surface area contributed by atoms with Gasteiger partial charge in [-0.05, 0) is 6.92 Å². The third-order valence-corrected chi connectivity index (χ3v) is 4.49. The van der Waals surface area contributed by atoms with Crippen LogP contribution in [0, 0.1) is 6.92 Å². The number of rotatable bonds is 6. The van der Waals surface area contributed by atoms with Crippen molar-refractivity contribution in [2.45, 2.75) is 24.8 Å². The molecule has 0 fully saturated rings. The number of aryl methyl sites for hydroxylation is 2. The summed E-state index contributed by atoms with van der Waals surface area (Å²) in [4.78, 5) is -0.00188. The second kappa shape index (κ2) is 5.69. The summed E-state index contributed by atoms with van der Waals surface area (Å²) in [5, 5.41) is 23.0. The van der Waals surface area contributed by atoms with Crippen LogP contribution in [-0.4, -0.2) is 45.0 Å². The molecule has 0 aliphatic rings. The zero-order valence-corrected chi connectivity index (χ0v) is 12.0. The summed E-state index contributed by atoms with van der Waals surface area (Å²) in [6.07, 6.45) is 1.97. The SMILES string of the molecule is Cc1[nH]nc(CO)c1S(=O)(=O)NCCc1nncn1C. The Morgan fingerprint density at radius 3 is 2.85 bits per heavy atom. The van der Waals surface area contributed by atoms with Gasteiger partial charge in [0.2, 0.25) is 10.0 Å². The van der Waals surface area contributed by atoms with Gasteiger partial charge in [-0.25, -0.2) is 13.1 Å². The number of hydrogen-bond donors (Lipinski definition) is 3. The van der Waals surface area contributed by atoms with Gasteiger partial charge in [-0.2, -0.15) is 5.10 Å². The number of aromatic nitrogens is 5. The molecule has 0 saturated heterocycles. The first-order valence-electron chi connectivity index (χ1n) is 5.93. The molecule has 0 aromatic carbocycles. The van der Waals surface area contributed by atoms with Gasteiger partial charge in [-0.15, -0.1) is 10.2 Å². The summed E-state index contributed by atoms with van der Waals surface area (Å²) < 4.78 is 28.5. The summed E-state index contributed by atoms with van der Waals surface area (Å²) in [6.45, 7) is 1.33. The van der Waals surface area contributed by atoms with Crippen LogP contribution in [0.3, 0.4) is 0 Å². The fourth-order valence-corrected chi connectivity index (χ4v) is 3.22. The smallest absolute Gasteiger partial charge is 0.244 e. The van der Waals surface area contributed by atoms with Crippen LogP contribution in [0.4, 0.5) is 0 Å². The van der Waals surface area contributed by atoms with E-state index in [1.54, 1.807) is 24.9 Å². The minimum absolute atomic E-state index is 0.00188. The molecule has 2 heterocycles. The van der Waals surface area contributed by atoms with Gasteiger partial charge in [0.25, 0.3) is 0 Å². The maximum atomic E-state index is 12.2. The lowest BCUT2D eigenvalue weighted by Crippen LogP contribution is -2.27. The molecule has 110 valence electrons. The average molecular weight is 300 g/mol.